The monoisotopic (exact) mass is 216 g/mol. The van der Waals surface area contributed by atoms with E-state index in [0.717, 1.165) is 16.5 Å². The standard InChI is InChI=1S/C11H12N4O/c1-7-6-9-8(4-3-5-13-9)10(12)11(7)15(2)14-16/h3-6H,12H2,1-2H3. The fourth-order valence-corrected chi connectivity index (χ4v) is 1.84. The van der Waals surface area contributed by atoms with E-state index in [0.29, 0.717) is 11.4 Å². The van der Waals surface area contributed by atoms with Crippen molar-refractivity contribution in [3.63, 3.8) is 0 Å². The van der Waals surface area contributed by atoms with Crippen LogP contribution < -0.4 is 10.7 Å². The molecule has 0 spiro atoms. The number of nitrogens with two attached hydrogens (primary N) is 1. The van der Waals surface area contributed by atoms with Gasteiger partial charge in [-0.1, -0.05) is 0 Å². The molecule has 0 saturated heterocycles. The number of nitrogen functional groups attached to an aromatic ring is 1. The Morgan fingerprint density at radius 3 is 2.94 bits per heavy atom. The van der Waals surface area contributed by atoms with Gasteiger partial charge in [-0.25, -0.2) is 5.01 Å². The van der Waals surface area contributed by atoms with Gasteiger partial charge in [0.15, 0.2) is 0 Å². The summed E-state index contributed by atoms with van der Waals surface area (Å²) in [6.07, 6.45) is 1.71. The van der Waals surface area contributed by atoms with Gasteiger partial charge < -0.3 is 5.73 Å². The molecule has 82 valence electrons. The number of hydrogen-bond acceptors (Lipinski definition) is 4. The third kappa shape index (κ3) is 1.46. The molecule has 0 unspecified atom stereocenters. The number of anilines is 2. The number of rotatable bonds is 2. The van der Waals surface area contributed by atoms with Gasteiger partial charge in [-0.15, -0.1) is 4.91 Å². The summed E-state index contributed by atoms with van der Waals surface area (Å²) in [7, 11) is 1.58. The number of hydrogen-bond donors (Lipinski definition) is 1. The number of benzene rings is 1. The molecular weight excluding hydrogens is 204 g/mol. The average Bonchev–Trinajstić information content (AvgIpc) is 2.28. The van der Waals surface area contributed by atoms with Crippen LogP contribution in [0.25, 0.3) is 10.9 Å². The molecule has 0 fully saturated rings. The molecule has 5 nitrogen and oxygen atoms in total. The van der Waals surface area contributed by atoms with Crippen LogP contribution in [0, 0.1) is 11.8 Å². The molecular formula is C11H12N4O. The lowest BCUT2D eigenvalue weighted by Gasteiger charge is -2.16. The Morgan fingerprint density at radius 2 is 2.25 bits per heavy atom. The van der Waals surface area contributed by atoms with E-state index in [1.165, 1.54) is 5.01 Å². The fourth-order valence-electron chi connectivity index (χ4n) is 1.84. The van der Waals surface area contributed by atoms with Crippen molar-refractivity contribution in [1.82, 2.24) is 4.98 Å². The molecule has 0 aliphatic carbocycles. The predicted molar refractivity (Wildman–Crippen MR) is 65.1 cm³/mol. The van der Waals surface area contributed by atoms with E-state index < -0.39 is 0 Å². The molecule has 5 heteroatoms. The molecule has 2 N–H and O–H groups in total. The smallest absolute Gasteiger partial charge is 0.0889 e. The maximum Gasteiger partial charge on any atom is 0.0889 e. The molecule has 16 heavy (non-hydrogen) atoms. The number of fused-ring (bicyclic) bond motifs is 1. The highest BCUT2D eigenvalue weighted by Crippen LogP contribution is 2.33. The van der Waals surface area contributed by atoms with Crippen LogP contribution in [0.4, 0.5) is 11.4 Å². The van der Waals surface area contributed by atoms with Gasteiger partial charge in [-0.3, -0.25) is 4.98 Å². The van der Waals surface area contributed by atoms with Gasteiger partial charge in [0.05, 0.1) is 22.2 Å². The zero-order valence-electron chi connectivity index (χ0n) is 9.14. The Kier molecular flexibility index (Phi) is 2.44. The molecule has 0 bridgehead atoms. The third-order valence-corrected chi connectivity index (χ3v) is 2.56. The molecule has 1 aromatic heterocycles. The number of aromatic nitrogens is 1. The number of nitrogens with zero attached hydrogens (tertiary/aromatic N) is 3. The highest BCUT2D eigenvalue weighted by Gasteiger charge is 2.12. The molecule has 0 aliphatic rings. The Bertz CT molecular complexity index is 553. The number of aryl methyl sites for hydroxylation is 1. The van der Waals surface area contributed by atoms with Crippen LogP contribution in [0.15, 0.2) is 29.7 Å². The van der Waals surface area contributed by atoms with Crippen LogP contribution in [-0.2, 0) is 0 Å². The highest BCUT2D eigenvalue weighted by molar-refractivity contribution is 5.98. The normalized spacial score (nSPS) is 10.4. The first-order chi connectivity index (χ1) is 7.65. The summed E-state index contributed by atoms with van der Waals surface area (Å²) >= 11 is 0. The summed E-state index contributed by atoms with van der Waals surface area (Å²) in [5, 5.41) is 4.94. The molecule has 0 amide bonds. The van der Waals surface area contributed by atoms with Crippen molar-refractivity contribution in [3.05, 3.63) is 34.9 Å². The average molecular weight is 216 g/mol. The van der Waals surface area contributed by atoms with E-state index >= 15 is 0 Å². The van der Waals surface area contributed by atoms with Gasteiger partial charge in [-0.05, 0) is 30.7 Å². The van der Waals surface area contributed by atoms with Gasteiger partial charge >= 0.3 is 0 Å². The van der Waals surface area contributed by atoms with E-state index in [2.05, 4.69) is 10.3 Å². The lowest BCUT2D eigenvalue weighted by Crippen LogP contribution is -2.11. The minimum absolute atomic E-state index is 0.533. The van der Waals surface area contributed by atoms with Gasteiger partial charge in [0, 0.05) is 18.6 Å². The first kappa shape index (κ1) is 10.4. The van der Waals surface area contributed by atoms with E-state index in [-0.39, 0.29) is 0 Å². The van der Waals surface area contributed by atoms with E-state index in [4.69, 9.17) is 5.73 Å². The maximum absolute atomic E-state index is 10.6. The quantitative estimate of drug-likeness (QED) is 0.474. The van der Waals surface area contributed by atoms with Crippen molar-refractivity contribution in [2.24, 2.45) is 5.29 Å². The summed E-state index contributed by atoms with van der Waals surface area (Å²) in [6.45, 7) is 1.88. The molecule has 1 heterocycles. The SMILES string of the molecule is Cc1cc2ncccc2c(N)c1N(C)N=O. The maximum atomic E-state index is 10.6. The fraction of sp³-hybridized carbons (Fsp3) is 0.182. The third-order valence-electron chi connectivity index (χ3n) is 2.56. The second kappa shape index (κ2) is 3.77. The van der Waals surface area contributed by atoms with Crippen molar-refractivity contribution in [1.29, 1.82) is 0 Å². The first-order valence-corrected chi connectivity index (χ1v) is 4.86. The Morgan fingerprint density at radius 1 is 1.50 bits per heavy atom. The second-order valence-corrected chi connectivity index (χ2v) is 3.63. The molecule has 2 aromatic rings. The summed E-state index contributed by atoms with van der Waals surface area (Å²) < 4.78 is 0. The molecule has 1 aromatic carbocycles. The second-order valence-electron chi connectivity index (χ2n) is 3.63. The predicted octanol–water partition coefficient (Wildman–Crippen LogP) is 2.24. The first-order valence-electron chi connectivity index (χ1n) is 4.86. The van der Waals surface area contributed by atoms with Crippen LogP contribution in [0.3, 0.4) is 0 Å². The molecule has 0 saturated carbocycles. The minimum atomic E-state index is 0.533. The zero-order chi connectivity index (χ0) is 11.7. The van der Waals surface area contributed by atoms with Gasteiger partial charge in [0.1, 0.15) is 0 Å². The van der Waals surface area contributed by atoms with E-state index in [9.17, 15) is 4.91 Å². The van der Waals surface area contributed by atoms with E-state index in [1.54, 1.807) is 13.2 Å². The lowest BCUT2D eigenvalue weighted by molar-refractivity contribution is 0.999. The van der Waals surface area contributed by atoms with Crippen LogP contribution in [-0.4, -0.2) is 12.0 Å². The van der Waals surface area contributed by atoms with Gasteiger partial charge in [-0.2, -0.15) is 0 Å². The Hall–Kier alpha value is -2.17. The minimum Gasteiger partial charge on any atom is -0.396 e. The highest BCUT2D eigenvalue weighted by atomic mass is 16.3. The van der Waals surface area contributed by atoms with Crippen molar-refractivity contribution < 1.29 is 0 Å². The number of pyridine rings is 1. The lowest BCUT2D eigenvalue weighted by atomic mass is 10.1. The molecule has 0 atom stereocenters. The van der Waals surface area contributed by atoms with Gasteiger partial charge in [0.25, 0.3) is 0 Å². The summed E-state index contributed by atoms with van der Waals surface area (Å²) in [5.74, 6) is 0. The summed E-state index contributed by atoms with van der Waals surface area (Å²) in [5.41, 5.74) is 8.88. The van der Waals surface area contributed by atoms with Crippen molar-refractivity contribution in [2.75, 3.05) is 17.8 Å². The molecule has 0 radical (unpaired) electrons. The molecule has 0 aliphatic heterocycles. The Labute approximate surface area is 92.8 Å². The largest absolute Gasteiger partial charge is 0.396 e. The van der Waals surface area contributed by atoms with Crippen LogP contribution in [0.5, 0.6) is 0 Å². The van der Waals surface area contributed by atoms with Crippen molar-refractivity contribution in [2.45, 2.75) is 6.92 Å². The van der Waals surface area contributed by atoms with Crippen LogP contribution in [0.1, 0.15) is 5.56 Å². The van der Waals surface area contributed by atoms with Gasteiger partial charge in [0.2, 0.25) is 0 Å². The van der Waals surface area contributed by atoms with Crippen LogP contribution >= 0.6 is 0 Å². The van der Waals surface area contributed by atoms with Crippen molar-refractivity contribution >= 4 is 22.3 Å². The van der Waals surface area contributed by atoms with Crippen LogP contribution in [0.2, 0.25) is 0 Å². The van der Waals surface area contributed by atoms with Crippen molar-refractivity contribution in [3.8, 4) is 0 Å². The zero-order valence-corrected chi connectivity index (χ0v) is 9.14. The summed E-state index contributed by atoms with van der Waals surface area (Å²) in [6, 6.07) is 5.58. The van der Waals surface area contributed by atoms with E-state index in [1.807, 2.05) is 25.1 Å². The topological polar surface area (TPSA) is 71.6 Å². The summed E-state index contributed by atoms with van der Waals surface area (Å²) in [4.78, 5) is 14.8. The molecule has 2 rings (SSSR count). The number of nitroso groups, excluding NO2 is 1. The Balaban J connectivity index is 2.80.